The Morgan fingerprint density at radius 1 is 1.28 bits per heavy atom. The first-order chi connectivity index (χ1) is 8.57. The van der Waals surface area contributed by atoms with E-state index in [1.165, 1.54) is 4.31 Å². The van der Waals surface area contributed by atoms with Crippen molar-refractivity contribution in [3.63, 3.8) is 0 Å². The first kappa shape index (κ1) is 14.0. The SMILES string of the molecule is CCN1CCN(S(=O)(=O)c2ccc(CO)s2)CC1. The molecule has 1 fully saturated rings. The number of thiophene rings is 1. The maximum absolute atomic E-state index is 12.3. The van der Waals surface area contributed by atoms with Crippen molar-refractivity contribution in [1.29, 1.82) is 0 Å². The van der Waals surface area contributed by atoms with E-state index in [1.807, 2.05) is 0 Å². The number of aliphatic hydroxyl groups is 1. The lowest BCUT2D eigenvalue weighted by Crippen LogP contribution is -2.48. The fourth-order valence-corrected chi connectivity index (χ4v) is 4.79. The van der Waals surface area contributed by atoms with Crippen LogP contribution in [-0.4, -0.2) is 55.5 Å². The zero-order chi connectivity index (χ0) is 13.2. The van der Waals surface area contributed by atoms with Crippen molar-refractivity contribution in [2.45, 2.75) is 17.7 Å². The molecule has 0 atom stereocenters. The summed E-state index contributed by atoms with van der Waals surface area (Å²) in [5, 5.41) is 8.99. The van der Waals surface area contributed by atoms with Gasteiger partial charge in [-0.15, -0.1) is 11.3 Å². The Hall–Kier alpha value is -0.470. The highest BCUT2D eigenvalue weighted by atomic mass is 32.2. The van der Waals surface area contributed by atoms with E-state index >= 15 is 0 Å². The highest BCUT2D eigenvalue weighted by molar-refractivity contribution is 7.91. The Morgan fingerprint density at radius 2 is 1.94 bits per heavy atom. The molecule has 0 saturated carbocycles. The summed E-state index contributed by atoms with van der Waals surface area (Å²) in [7, 11) is -3.37. The monoisotopic (exact) mass is 290 g/mol. The third kappa shape index (κ3) is 2.75. The number of hydrogen-bond donors (Lipinski definition) is 1. The van der Waals surface area contributed by atoms with Gasteiger partial charge < -0.3 is 10.0 Å². The molecule has 1 aromatic heterocycles. The van der Waals surface area contributed by atoms with Crippen molar-refractivity contribution in [2.75, 3.05) is 32.7 Å². The second-order valence-electron chi connectivity index (χ2n) is 4.22. The maximum atomic E-state index is 12.3. The smallest absolute Gasteiger partial charge is 0.252 e. The molecule has 1 aliphatic rings. The standard InChI is InChI=1S/C11H18N2O3S2/c1-2-12-5-7-13(8-6-12)18(15,16)11-4-3-10(9-14)17-11/h3-4,14H,2,5-9H2,1H3. The second kappa shape index (κ2) is 5.66. The number of nitrogens with zero attached hydrogens (tertiary/aromatic N) is 2. The van der Waals surface area contributed by atoms with Crippen molar-refractivity contribution in [1.82, 2.24) is 9.21 Å². The van der Waals surface area contributed by atoms with E-state index < -0.39 is 10.0 Å². The summed E-state index contributed by atoms with van der Waals surface area (Å²) < 4.78 is 26.6. The van der Waals surface area contributed by atoms with Gasteiger partial charge >= 0.3 is 0 Å². The van der Waals surface area contributed by atoms with E-state index in [-0.39, 0.29) is 6.61 Å². The fourth-order valence-electron chi connectivity index (χ4n) is 2.00. The number of rotatable bonds is 4. The molecule has 0 radical (unpaired) electrons. The van der Waals surface area contributed by atoms with Gasteiger partial charge in [0.15, 0.2) is 0 Å². The molecular weight excluding hydrogens is 272 g/mol. The Balaban J connectivity index is 2.12. The van der Waals surface area contributed by atoms with Crippen molar-refractivity contribution in [2.24, 2.45) is 0 Å². The molecule has 18 heavy (non-hydrogen) atoms. The lowest BCUT2D eigenvalue weighted by Gasteiger charge is -2.32. The van der Waals surface area contributed by atoms with Crippen molar-refractivity contribution in [3.05, 3.63) is 17.0 Å². The van der Waals surface area contributed by atoms with Gasteiger partial charge in [0.05, 0.1) is 6.61 Å². The summed E-state index contributed by atoms with van der Waals surface area (Å²) in [5.74, 6) is 0. The van der Waals surface area contributed by atoms with E-state index in [0.29, 0.717) is 22.2 Å². The quantitative estimate of drug-likeness (QED) is 0.880. The van der Waals surface area contributed by atoms with Gasteiger partial charge in [0.25, 0.3) is 10.0 Å². The van der Waals surface area contributed by atoms with Gasteiger partial charge in [-0.3, -0.25) is 0 Å². The Kier molecular flexibility index (Phi) is 4.39. The van der Waals surface area contributed by atoms with Crippen molar-refractivity contribution >= 4 is 21.4 Å². The third-order valence-corrected chi connectivity index (χ3v) is 6.60. The van der Waals surface area contributed by atoms with Crippen LogP contribution in [0.4, 0.5) is 0 Å². The average molecular weight is 290 g/mol. The molecule has 2 rings (SSSR count). The Morgan fingerprint density at radius 3 is 2.44 bits per heavy atom. The molecule has 0 amide bonds. The number of sulfonamides is 1. The van der Waals surface area contributed by atoms with Gasteiger partial charge in [-0.05, 0) is 18.7 Å². The van der Waals surface area contributed by atoms with Crippen LogP contribution in [0.25, 0.3) is 0 Å². The number of hydrogen-bond acceptors (Lipinski definition) is 5. The molecule has 1 N–H and O–H groups in total. The van der Waals surface area contributed by atoms with E-state index in [0.717, 1.165) is 31.0 Å². The summed E-state index contributed by atoms with van der Waals surface area (Å²) in [6, 6.07) is 3.25. The molecule has 0 bridgehead atoms. The van der Waals surface area contributed by atoms with E-state index in [4.69, 9.17) is 5.11 Å². The van der Waals surface area contributed by atoms with Gasteiger partial charge in [0.1, 0.15) is 4.21 Å². The largest absolute Gasteiger partial charge is 0.391 e. The van der Waals surface area contributed by atoms with Gasteiger partial charge in [-0.2, -0.15) is 4.31 Å². The van der Waals surface area contributed by atoms with Crippen LogP contribution in [0.15, 0.2) is 16.3 Å². The fraction of sp³-hybridized carbons (Fsp3) is 0.636. The Bertz CT molecular complexity index is 490. The first-order valence-electron chi connectivity index (χ1n) is 6.00. The van der Waals surface area contributed by atoms with Gasteiger partial charge in [0, 0.05) is 31.1 Å². The Labute approximate surface area is 112 Å². The van der Waals surface area contributed by atoms with Gasteiger partial charge in [0.2, 0.25) is 0 Å². The summed E-state index contributed by atoms with van der Waals surface area (Å²) in [4.78, 5) is 2.92. The van der Waals surface area contributed by atoms with Crippen LogP contribution in [0, 0.1) is 0 Å². The molecule has 0 aromatic carbocycles. The van der Waals surface area contributed by atoms with Crippen LogP contribution in [-0.2, 0) is 16.6 Å². The second-order valence-corrected chi connectivity index (χ2v) is 7.55. The third-order valence-electron chi connectivity index (χ3n) is 3.17. The molecule has 7 heteroatoms. The number of piperazine rings is 1. The van der Waals surface area contributed by atoms with Gasteiger partial charge in [-0.25, -0.2) is 8.42 Å². The molecule has 1 saturated heterocycles. The van der Waals surface area contributed by atoms with E-state index in [2.05, 4.69) is 11.8 Å². The molecular formula is C11H18N2O3S2. The minimum absolute atomic E-state index is 0.107. The molecule has 2 heterocycles. The summed E-state index contributed by atoms with van der Waals surface area (Å²) in [5.41, 5.74) is 0. The zero-order valence-corrected chi connectivity index (χ0v) is 12.0. The van der Waals surface area contributed by atoms with Crippen LogP contribution in [0.3, 0.4) is 0 Å². The minimum atomic E-state index is -3.37. The van der Waals surface area contributed by atoms with Crippen LogP contribution in [0.2, 0.25) is 0 Å². The zero-order valence-electron chi connectivity index (χ0n) is 10.4. The highest BCUT2D eigenvalue weighted by Crippen LogP contribution is 2.25. The molecule has 0 spiro atoms. The van der Waals surface area contributed by atoms with Crippen molar-refractivity contribution < 1.29 is 13.5 Å². The molecule has 5 nitrogen and oxygen atoms in total. The topological polar surface area (TPSA) is 60.9 Å². The molecule has 102 valence electrons. The van der Waals surface area contributed by atoms with Crippen LogP contribution < -0.4 is 0 Å². The number of aliphatic hydroxyl groups excluding tert-OH is 1. The van der Waals surface area contributed by atoms with Crippen LogP contribution in [0.1, 0.15) is 11.8 Å². The summed E-state index contributed by atoms with van der Waals surface area (Å²) >= 11 is 1.15. The van der Waals surface area contributed by atoms with E-state index in [9.17, 15) is 8.42 Å². The first-order valence-corrected chi connectivity index (χ1v) is 8.25. The summed E-state index contributed by atoms with van der Waals surface area (Å²) in [6.07, 6.45) is 0. The number of likely N-dealkylation sites (N-methyl/N-ethyl adjacent to an activating group) is 1. The molecule has 0 unspecified atom stereocenters. The summed E-state index contributed by atoms with van der Waals surface area (Å²) in [6.45, 7) is 5.59. The lowest BCUT2D eigenvalue weighted by molar-refractivity contribution is 0.196. The lowest BCUT2D eigenvalue weighted by atomic mass is 10.4. The van der Waals surface area contributed by atoms with Gasteiger partial charge in [-0.1, -0.05) is 6.92 Å². The van der Waals surface area contributed by atoms with Crippen molar-refractivity contribution in [3.8, 4) is 0 Å². The predicted octanol–water partition coefficient (Wildman–Crippen LogP) is 0.567. The maximum Gasteiger partial charge on any atom is 0.252 e. The average Bonchev–Trinajstić information content (AvgIpc) is 2.88. The predicted molar refractivity (Wildman–Crippen MR) is 71.1 cm³/mol. The van der Waals surface area contributed by atoms with Crippen LogP contribution >= 0.6 is 11.3 Å². The normalized spacial score (nSPS) is 19.2. The minimum Gasteiger partial charge on any atom is -0.391 e. The molecule has 1 aromatic rings. The molecule has 1 aliphatic heterocycles. The van der Waals surface area contributed by atoms with Crippen LogP contribution in [0.5, 0.6) is 0 Å². The molecule has 0 aliphatic carbocycles. The highest BCUT2D eigenvalue weighted by Gasteiger charge is 2.29. The van der Waals surface area contributed by atoms with E-state index in [1.54, 1.807) is 12.1 Å².